The zero-order chi connectivity index (χ0) is 17.9. The second kappa shape index (κ2) is 7.48. The van der Waals surface area contributed by atoms with Crippen molar-refractivity contribution in [1.82, 2.24) is 5.32 Å². The Bertz CT molecular complexity index is 725. The third kappa shape index (κ3) is 3.62. The number of hydrogen-bond acceptors (Lipinski definition) is 3. The SMILES string of the molecule is COC(C)(CNC(=O)C1(c2cccs2)CCCC1)c1cccc(Cl)c1. The molecule has 5 heteroatoms. The number of carbonyl (C=O) groups excluding carboxylic acids is 1. The molecule has 0 saturated heterocycles. The van der Waals surface area contributed by atoms with Gasteiger partial charge in [0.15, 0.2) is 0 Å². The molecule has 1 heterocycles. The molecule has 25 heavy (non-hydrogen) atoms. The Morgan fingerprint density at radius 1 is 1.32 bits per heavy atom. The van der Waals surface area contributed by atoms with Crippen molar-refractivity contribution in [3.63, 3.8) is 0 Å². The van der Waals surface area contributed by atoms with Gasteiger partial charge in [-0.15, -0.1) is 11.3 Å². The van der Waals surface area contributed by atoms with E-state index >= 15 is 0 Å². The van der Waals surface area contributed by atoms with Crippen LogP contribution in [0.4, 0.5) is 0 Å². The Morgan fingerprint density at radius 2 is 2.08 bits per heavy atom. The van der Waals surface area contributed by atoms with Crippen LogP contribution in [0, 0.1) is 0 Å². The molecule has 134 valence electrons. The number of thiophene rings is 1. The summed E-state index contributed by atoms with van der Waals surface area (Å²) < 4.78 is 5.74. The summed E-state index contributed by atoms with van der Waals surface area (Å²) in [7, 11) is 1.66. The molecule has 3 nitrogen and oxygen atoms in total. The predicted molar refractivity (Wildman–Crippen MR) is 103 cm³/mol. The van der Waals surface area contributed by atoms with Crippen LogP contribution in [-0.4, -0.2) is 19.6 Å². The number of ether oxygens (including phenoxy) is 1. The molecular weight excluding hydrogens is 354 g/mol. The molecule has 1 fully saturated rings. The van der Waals surface area contributed by atoms with Crippen LogP contribution in [-0.2, 0) is 20.5 Å². The molecule has 1 aromatic carbocycles. The van der Waals surface area contributed by atoms with E-state index in [4.69, 9.17) is 16.3 Å². The summed E-state index contributed by atoms with van der Waals surface area (Å²) in [6, 6.07) is 11.7. The highest BCUT2D eigenvalue weighted by molar-refractivity contribution is 7.10. The van der Waals surface area contributed by atoms with E-state index < -0.39 is 5.60 Å². The van der Waals surface area contributed by atoms with Gasteiger partial charge in [-0.2, -0.15) is 0 Å². The first-order valence-electron chi connectivity index (χ1n) is 8.64. The molecule has 0 aliphatic heterocycles. The van der Waals surface area contributed by atoms with Crippen LogP contribution in [0.25, 0.3) is 0 Å². The number of rotatable bonds is 6. The van der Waals surface area contributed by atoms with E-state index in [1.807, 2.05) is 42.6 Å². The quantitative estimate of drug-likeness (QED) is 0.778. The van der Waals surface area contributed by atoms with Gasteiger partial charge in [0.05, 0.1) is 12.0 Å². The second-order valence-corrected chi connectivity index (χ2v) is 8.28. The number of halogens is 1. The standard InChI is InChI=1S/C20H24ClNO2S/c1-19(24-2,15-7-5-8-16(21)13-15)14-22-18(23)20(10-3-4-11-20)17-9-6-12-25-17/h5-9,12-13H,3-4,10-11,14H2,1-2H3,(H,22,23). The third-order valence-electron chi connectivity index (χ3n) is 5.36. The summed E-state index contributed by atoms with van der Waals surface area (Å²) >= 11 is 7.80. The van der Waals surface area contributed by atoms with Crippen molar-refractivity contribution in [3.8, 4) is 0 Å². The number of methoxy groups -OCH3 is 1. The largest absolute Gasteiger partial charge is 0.372 e. The van der Waals surface area contributed by atoms with Gasteiger partial charge in [-0.3, -0.25) is 4.79 Å². The molecule has 1 amide bonds. The van der Waals surface area contributed by atoms with E-state index in [1.54, 1.807) is 18.4 Å². The number of hydrogen-bond donors (Lipinski definition) is 1. The molecule has 3 rings (SSSR count). The number of nitrogens with one attached hydrogen (secondary N) is 1. The molecule has 2 aromatic rings. The fraction of sp³-hybridized carbons (Fsp3) is 0.450. The molecule has 0 bridgehead atoms. The van der Waals surface area contributed by atoms with Crippen molar-refractivity contribution in [2.75, 3.05) is 13.7 Å². The maximum Gasteiger partial charge on any atom is 0.231 e. The lowest BCUT2D eigenvalue weighted by molar-refractivity contribution is -0.128. The maximum atomic E-state index is 13.1. The third-order valence-corrected chi connectivity index (χ3v) is 6.67. The monoisotopic (exact) mass is 377 g/mol. The smallest absolute Gasteiger partial charge is 0.231 e. The van der Waals surface area contributed by atoms with Gasteiger partial charge in [0, 0.05) is 17.0 Å². The first-order chi connectivity index (χ1) is 12.0. The van der Waals surface area contributed by atoms with Crippen LogP contribution < -0.4 is 5.32 Å². The molecule has 1 atom stereocenters. The fourth-order valence-electron chi connectivity index (χ4n) is 3.64. The molecular formula is C20H24ClNO2S. The highest BCUT2D eigenvalue weighted by Crippen LogP contribution is 2.43. The lowest BCUT2D eigenvalue weighted by atomic mass is 9.83. The lowest BCUT2D eigenvalue weighted by Crippen LogP contribution is -2.47. The van der Waals surface area contributed by atoms with Crippen molar-refractivity contribution < 1.29 is 9.53 Å². The van der Waals surface area contributed by atoms with Gasteiger partial charge in [-0.05, 0) is 48.9 Å². The van der Waals surface area contributed by atoms with Gasteiger partial charge in [0.25, 0.3) is 0 Å². The Hall–Kier alpha value is -1.36. The average molecular weight is 378 g/mol. The van der Waals surface area contributed by atoms with E-state index in [9.17, 15) is 4.79 Å². The molecule has 1 aliphatic rings. The van der Waals surface area contributed by atoms with Crippen molar-refractivity contribution >= 4 is 28.8 Å². The molecule has 0 radical (unpaired) electrons. The van der Waals surface area contributed by atoms with E-state index in [-0.39, 0.29) is 11.3 Å². The van der Waals surface area contributed by atoms with E-state index in [2.05, 4.69) is 11.4 Å². The summed E-state index contributed by atoms with van der Waals surface area (Å²) in [6.45, 7) is 2.39. The van der Waals surface area contributed by atoms with Crippen LogP contribution in [0.2, 0.25) is 5.02 Å². The van der Waals surface area contributed by atoms with Crippen molar-refractivity contribution in [2.24, 2.45) is 0 Å². The Balaban J connectivity index is 1.78. The molecule has 1 N–H and O–H groups in total. The van der Waals surface area contributed by atoms with E-state index in [0.717, 1.165) is 31.2 Å². The minimum absolute atomic E-state index is 0.109. The first kappa shape index (κ1) is 18.4. The molecule has 1 aromatic heterocycles. The maximum absolute atomic E-state index is 13.1. The highest BCUT2D eigenvalue weighted by atomic mass is 35.5. The summed E-state index contributed by atoms with van der Waals surface area (Å²) in [5, 5.41) is 5.88. The minimum atomic E-state index is -0.615. The van der Waals surface area contributed by atoms with Crippen LogP contribution in [0.5, 0.6) is 0 Å². The number of carbonyl (C=O) groups is 1. The zero-order valence-electron chi connectivity index (χ0n) is 14.7. The summed E-state index contributed by atoms with van der Waals surface area (Å²) in [5.41, 5.74) is -0.0353. The van der Waals surface area contributed by atoms with E-state index in [1.165, 1.54) is 4.88 Å². The first-order valence-corrected chi connectivity index (χ1v) is 9.89. The zero-order valence-corrected chi connectivity index (χ0v) is 16.3. The van der Waals surface area contributed by atoms with E-state index in [0.29, 0.717) is 11.6 Å². The second-order valence-electron chi connectivity index (χ2n) is 6.89. The summed E-state index contributed by atoms with van der Waals surface area (Å²) in [4.78, 5) is 14.3. The van der Waals surface area contributed by atoms with Crippen LogP contribution in [0.1, 0.15) is 43.0 Å². The van der Waals surface area contributed by atoms with Crippen molar-refractivity contribution in [1.29, 1.82) is 0 Å². The molecule has 0 spiro atoms. The molecule has 1 unspecified atom stereocenters. The van der Waals surface area contributed by atoms with Gasteiger partial charge in [-0.1, -0.05) is 42.6 Å². The lowest BCUT2D eigenvalue weighted by Gasteiger charge is -2.32. The Labute approximate surface area is 158 Å². The molecule has 1 aliphatic carbocycles. The highest BCUT2D eigenvalue weighted by Gasteiger charge is 2.44. The van der Waals surface area contributed by atoms with Crippen LogP contribution >= 0.6 is 22.9 Å². The van der Waals surface area contributed by atoms with Gasteiger partial charge >= 0.3 is 0 Å². The van der Waals surface area contributed by atoms with Gasteiger partial charge in [0.1, 0.15) is 5.60 Å². The predicted octanol–water partition coefficient (Wildman–Crippen LogP) is 4.89. The average Bonchev–Trinajstić information content (AvgIpc) is 3.31. The normalized spacial score (nSPS) is 18.7. The molecule has 1 saturated carbocycles. The Kier molecular flexibility index (Phi) is 5.52. The Morgan fingerprint density at radius 3 is 2.68 bits per heavy atom. The van der Waals surface area contributed by atoms with Gasteiger partial charge < -0.3 is 10.1 Å². The number of amides is 1. The number of benzene rings is 1. The van der Waals surface area contributed by atoms with Gasteiger partial charge in [0.2, 0.25) is 5.91 Å². The van der Waals surface area contributed by atoms with Crippen molar-refractivity contribution in [3.05, 3.63) is 57.2 Å². The van der Waals surface area contributed by atoms with Crippen LogP contribution in [0.3, 0.4) is 0 Å². The minimum Gasteiger partial charge on any atom is -0.372 e. The summed E-state index contributed by atoms with van der Waals surface area (Å²) in [6.07, 6.45) is 4.03. The summed E-state index contributed by atoms with van der Waals surface area (Å²) in [5.74, 6) is 0.109. The fourth-order valence-corrected chi connectivity index (χ4v) is 4.82. The van der Waals surface area contributed by atoms with Gasteiger partial charge in [-0.25, -0.2) is 0 Å². The van der Waals surface area contributed by atoms with Crippen LogP contribution in [0.15, 0.2) is 41.8 Å². The van der Waals surface area contributed by atoms with Crippen molar-refractivity contribution in [2.45, 2.75) is 43.6 Å². The topological polar surface area (TPSA) is 38.3 Å².